The first-order valence-electron chi connectivity index (χ1n) is 3.27. The summed E-state index contributed by atoms with van der Waals surface area (Å²) in [5.41, 5.74) is 3.06. The molecule has 0 saturated carbocycles. The third-order valence-corrected chi connectivity index (χ3v) is 1.24. The minimum atomic E-state index is 0.535. The van der Waals surface area contributed by atoms with Crippen LogP contribution in [0.2, 0.25) is 0 Å². The van der Waals surface area contributed by atoms with Crippen LogP contribution < -0.4 is 5.43 Å². The van der Waals surface area contributed by atoms with Gasteiger partial charge in [-0.1, -0.05) is 6.08 Å². The number of nitrogens with zero attached hydrogens (tertiary/aromatic N) is 1. The summed E-state index contributed by atoms with van der Waals surface area (Å²) in [5, 5.41) is 2.10. The molecule has 2 nitrogen and oxygen atoms in total. The molecule has 2 heteroatoms. The van der Waals surface area contributed by atoms with E-state index in [9.17, 15) is 0 Å². The van der Waals surface area contributed by atoms with Crippen LogP contribution in [0.4, 0.5) is 0 Å². The van der Waals surface area contributed by atoms with Crippen LogP contribution in [0, 0.1) is 0 Å². The minimum Gasteiger partial charge on any atom is -0.258 e. The van der Waals surface area contributed by atoms with Crippen molar-refractivity contribution in [1.29, 1.82) is 0 Å². The highest BCUT2D eigenvalue weighted by Crippen LogP contribution is 1.90. The zero-order valence-electron chi connectivity index (χ0n) is 6.52. The third-order valence-electron chi connectivity index (χ3n) is 1.24. The van der Waals surface area contributed by atoms with Gasteiger partial charge in [0.15, 0.2) is 0 Å². The molecule has 1 N–H and O–H groups in total. The average molecular weight is 128 g/mol. The Morgan fingerprint density at radius 2 is 2.22 bits per heavy atom. The fourth-order valence-electron chi connectivity index (χ4n) is 0.699. The number of hydrazine groups is 1. The van der Waals surface area contributed by atoms with E-state index in [4.69, 9.17) is 0 Å². The lowest BCUT2D eigenvalue weighted by Crippen LogP contribution is -2.40. The first kappa shape index (κ1) is 8.66. The summed E-state index contributed by atoms with van der Waals surface area (Å²) in [6.45, 7) is 8.82. The maximum Gasteiger partial charge on any atom is 0.0311 e. The van der Waals surface area contributed by atoms with Crippen molar-refractivity contribution in [1.82, 2.24) is 10.4 Å². The van der Waals surface area contributed by atoms with E-state index >= 15 is 0 Å². The number of hydrogen-bond acceptors (Lipinski definition) is 2. The van der Waals surface area contributed by atoms with Crippen LogP contribution in [0.3, 0.4) is 0 Å². The van der Waals surface area contributed by atoms with Gasteiger partial charge in [-0.05, 0) is 20.9 Å². The van der Waals surface area contributed by atoms with Gasteiger partial charge in [-0.25, -0.2) is 5.01 Å². The van der Waals surface area contributed by atoms with Gasteiger partial charge < -0.3 is 0 Å². The Bertz CT molecular complexity index is 79.0. The Hall–Kier alpha value is -0.340. The van der Waals surface area contributed by atoms with Crippen LogP contribution in [0.5, 0.6) is 0 Å². The molecular weight excluding hydrogens is 112 g/mol. The molecule has 0 bridgehead atoms. The molecule has 0 aromatic carbocycles. The van der Waals surface area contributed by atoms with E-state index in [-0.39, 0.29) is 0 Å². The van der Waals surface area contributed by atoms with Crippen LogP contribution in [-0.2, 0) is 0 Å². The second-order valence-electron chi connectivity index (χ2n) is 2.26. The van der Waals surface area contributed by atoms with Gasteiger partial charge >= 0.3 is 0 Å². The Balaban J connectivity index is 3.53. The molecule has 0 saturated heterocycles. The standard InChI is InChI=1S/C7H16N2/c1-5-6-9(8-4)7(2)3/h5,7-8H,1,6H2,2-4H3. The van der Waals surface area contributed by atoms with Gasteiger partial charge in [0.1, 0.15) is 0 Å². The van der Waals surface area contributed by atoms with Crippen molar-refractivity contribution in [2.24, 2.45) is 0 Å². The second kappa shape index (κ2) is 4.53. The van der Waals surface area contributed by atoms with Gasteiger partial charge in [0.05, 0.1) is 0 Å². The van der Waals surface area contributed by atoms with Crippen molar-refractivity contribution >= 4 is 0 Å². The predicted molar refractivity (Wildman–Crippen MR) is 41.1 cm³/mol. The minimum absolute atomic E-state index is 0.535. The quantitative estimate of drug-likeness (QED) is 0.449. The molecule has 0 aromatic heterocycles. The van der Waals surface area contributed by atoms with E-state index in [0.717, 1.165) is 6.54 Å². The number of hydrogen-bond donors (Lipinski definition) is 1. The van der Waals surface area contributed by atoms with E-state index < -0.39 is 0 Å². The molecule has 0 spiro atoms. The normalized spacial score (nSPS) is 10.8. The predicted octanol–water partition coefficient (Wildman–Crippen LogP) is 1.02. The topological polar surface area (TPSA) is 15.3 Å². The van der Waals surface area contributed by atoms with Gasteiger partial charge in [0.25, 0.3) is 0 Å². The summed E-state index contributed by atoms with van der Waals surface area (Å²) in [6.07, 6.45) is 1.89. The largest absolute Gasteiger partial charge is 0.258 e. The molecule has 0 fully saturated rings. The van der Waals surface area contributed by atoms with Gasteiger partial charge in [0, 0.05) is 12.6 Å². The van der Waals surface area contributed by atoms with Crippen molar-refractivity contribution in [3.05, 3.63) is 12.7 Å². The molecule has 0 aliphatic carbocycles. The van der Waals surface area contributed by atoms with E-state index in [2.05, 4.69) is 30.9 Å². The van der Waals surface area contributed by atoms with Crippen molar-refractivity contribution in [3.63, 3.8) is 0 Å². The first-order valence-corrected chi connectivity index (χ1v) is 3.27. The highest BCUT2D eigenvalue weighted by Gasteiger charge is 2.01. The summed E-state index contributed by atoms with van der Waals surface area (Å²) in [4.78, 5) is 0. The van der Waals surface area contributed by atoms with Crippen molar-refractivity contribution in [2.45, 2.75) is 19.9 Å². The summed E-state index contributed by atoms with van der Waals surface area (Å²) in [6, 6.07) is 0.535. The maximum absolute atomic E-state index is 3.65. The Kier molecular flexibility index (Phi) is 4.36. The highest BCUT2D eigenvalue weighted by atomic mass is 15.5. The molecule has 0 aliphatic rings. The van der Waals surface area contributed by atoms with Gasteiger partial charge in [0.2, 0.25) is 0 Å². The molecule has 0 heterocycles. The van der Waals surface area contributed by atoms with Crippen molar-refractivity contribution in [2.75, 3.05) is 13.6 Å². The molecule has 0 aromatic rings. The fraction of sp³-hybridized carbons (Fsp3) is 0.714. The van der Waals surface area contributed by atoms with E-state index in [1.54, 1.807) is 0 Å². The molecular formula is C7H16N2. The molecule has 0 radical (unpaired) electrons. The van der Waals surface area contributed by atoms with E-state index in [0.29, 0.717) is 6.04 Å². The molecule has 9 heavy (non-hydrogen) atoms. The number of rotatable bonds is 4. The Morgan fingerprint density at radius 1 is 1.67 bits per heavy atom. The van der Waals surface area contributed by atoms with Gasteiger partial charge in [-0.3, -0.25) is 5.43 Å². The summed E-state index contributed by atoms with van der Waals surface area (Å²) in [7, 11) is 1.92. The third kappa shape index (κ3) is 3.27. The van der Waals surface area contributed by atoms with Gasteiger partial charge in [-0.2, -0.15) is 0 Å². The van der Waals surface area contributed by atoms with Crippen LogP contribution in [0.25, 0.3) is 0 Å². The summed E-state index contributed by atoms with van der Waals surface area (Å²) >= 11 is 0. The average Bonchev–Trinajstić information content (AvgIpc) is 1.82. The van der Waals surface area contributed by atoms with Crippen LogP contribution in [0.15, 0.2) is 12.7 Å². The summed E-state index contributed by atoms with van der Waals surface area (Å²) in [5.74, 6) is 0. The molecule has 0 rings (SSSR count). The van der Waals surface area contributed by atoms with Crippen molar-refractivity contribution < 1.29 is 0 Å². The summed E-state index contributed by atoms with van der Waals surface area (Å²) < 4.78 is 0. The molecule has 0 amide bonds. The zero-order valence-corrected chi connectivity index (χ0v) is 6.52. The lowest BCUT2D eigenvalue weighted by molar-refractivity contribution is 0.182. The second-order valence-corrected chi connectivity index (χ2v) is 2.26. The van der Waals surface area contributed by atoms with E-state index in [1.165, 1.54) is 0 Å². The zero-order chi connectivity index (χ0) is 7.28. The lowest BCUT2D eigenvalue weighted by Gasteiger charge is -2.23. The van der Waals surface area contributed by atoms with Crippen molar-refractivity contribution in [3.8, 4) is 0 Å². The molecule has 0 unspecified atom stereocenters. The van der Waals surface area contributed by atoms with E-state index in [1.807, 2.05) is 13.1 Å². The lowest BCUT2D eigenvalue weighted by atomic mass is 10.4. The first-order chi connectivity index (χ1) is 4.22. The number of nitrogens with one attached hydrogen (secondary N) is 1. The molecule has 54 valence electrons. The molecule has 0 atom stereocenters. The van der Waals surface area contributed by atoms with Crippen LogP contribution in [0.1, 0.15) is 13.8 Å². The SMILES string of the molecule is C=CCN(NC)C(C)C. The fourth-order valence-corrected chi connectivity index (χ4v) is 0.699. The Labute approximate surface area is 57.5 Å². The smallest absolute Gasteiger partial charge is 0.0311 e. The highest BCUT2D eigenvalue weighted by molar-refractivity contribution is 4.72. The maximum atomic E-state index is 3.65. The van der Waals surface area contributed by atoms with Gasteiger partial charge in [-0.15, -0.1) is 6.58 Å². The van der Waals surface area contributed by atoms with Crippen LogP contribution in [-0.4, -0.2) is 24.6 Å². The Morgan fingerprint density at radius 3 is 2.33 bits per heavy atom. The van der Waals surface area contributed by atoms with Crippen LogP contribution >= 0.6 is 0 Å². The monoisotopic (exact) mass is 128 g/mol. The molecule has 0 aliphatic heterocycles.